The average molecular weight is 783 g/mol. The topological polar surface area (TPSA) is 125 Å². The van der Waals surface area contributed by atoms with Gasteiger partial charge in [-0.15, -0.1) is 69.6 Å². The summed E-state index contributed by atoms with van der Waals surface area (Å²) >= 11 is 33.7. The van der Waals surface area contributed by atoms with Gasteiger partial charge in [0.25, 0.3) is 0 Å². The Morgan fingerprint density at radius 2 is 0.667 bits per heavy atom. The highest BCUT2D eigenvalue weighted by atomic mass is 35.5. The third kappa shape index (κ3) is 15.3. The Hall–Kier alpha value is 2.07. The Labute approximate surface area is 281 Å². The molecule has 0 aromatic carbocycles. The number of hydrogen-bond acceptors (Lipinski definition) is 6. The third-order valence-corrected chi connectivity index (χ3v) is 13.8. The van der Waals surface area contributed by atoms with Crippen LogP contribution in [0.3, 0.4) is 0 Å². The maximum Gasteiger partial charge on any atom is 0.343 e. The van der Waals surface area contributed by atoms with Gasteiger partial charge in [0.15, 0.2) is 0 Å². The zero-order chi connectivity index (χ0) is 31.3. The van der Waals surface area contributed by atoms with Crippen molar-refractivity contribution in [2.24, 2.45) is 0 Å². The molecule has 3 atom stereocenters. The number of rotatable bonds is 15. The summed E-state index contributed by atoms with van der Waals surface area (Å²) in [5.41, 5.74) is 0. The standard InChI is InChI=1S/3C7H15Cl2N2O2P/c3*8-2-5-11(6-3-9)14(12)10-4-1-7-13-14/h3*1-7H2,(H,10,12). The smallest absolute Gasteiger partial charge is 0.306 e. The molecule has 3 fully saturated rings. The van der Waals surface area contributed by atoms with Crippen molar-refractivity contribution in [2.75, 3.05) is 114 Å². The van der Waals surface area contributed by atoms with Gasteiger partial charge >= 0.3 is 23.0 Å². The molecule has 3 unspecified atom stereocenters. The maximum absolute atomic E-state index is 12.2. The minimum absolute atomic E-state index is 0.423. The third-order valence-electron chi connectivity index (χ3n) is 5.87. The second-order valence-electron chi connectivity index (χ2n) is 8.84. The van der Waals surface area contributed by atoms with Crippen molar-refractivity contribution in [2.45, 2.75) is 19.3 Å². The number of nitrogens with one attached hydrogen (secondary N) is 3. The van der Waals surface area contributed by atoms with Gasteiger partial charge in [-0.05, 0) is 19.3 Å². The molecule has 0 aliphatic carbocycles. The maximum atomic E-state index is 12.2. The van der Waals surface area contributed by atoms with Gasteiger partial charge in [0.1, 0.15) is 0 Å². The molecule has 0 bridgehead atoms. The van der Waals surface area contributed by atoms with E-state index in [2.05, 4.69) is 15.3 Å². The van der Waals surface area contributed by atoms with E-state index in [9.17, 15) is 13.7 Å². The Bertz CT molecular complexity index is 710. The van der Waals surface area contributed by atoms with Crippen molar-refractivity contribution in [3.05, 3.63) is 0 Å². The van der Waals surface area contributed by atoms with Crippen LogP contribution in [0.5, 0.6) is 0 Å². The van der Waals surface area contributed by atoms with E-state index in [4.69, 9.17) is 83.2 Å². The first-order valence-electron chi connectivity index (χ1n) is 13.8. The van der Waals surface area contributed by atoms with Crippen LogP contribution >= 0.6 is 92.6 Å². The second kappa shape index (κ2) is 24.2. The summed E-state index contributed by atoms with van der Waals surface area (Å²) in [4.78, 5) is 0. The number of alkyl halides is 6. The van der Waals surface area contributed by atoms with Crippen molar-refractivity contribution in [3.8, 4) is 0 Å². The van der Waals surface area contributed by atoms with Gasteiger partial charge in [-0.25, -0.2) is 29.3 Å². The molecule has 0 amide bonds. The summed E-state index contributed by atoms with van der Waals surface area (Å²) < 4.78 is 57.5. The summed E-state index contributed by atoms with van der Waals surface area (Å²) in [6.45, 7) is 6.92. The van der Waals surface area contributed by atoms with Gasteiger partial charge in [-0.3, -0.25) is 13.7 Å². The van der Waals surface area contributed by atoms with Crippen molar-refractivity contribution >= 4 is 92.6 Å². The van der Waals surface area contributed by atoms with Crippen LogP contribution in [0.15, 0.2) is 0 Å². The first-order chi connectivity index (χ1) is 20.2. The summed E-state index contributed by atoms with van der Waals surface area (Å²) in [6.07, 6.45) is 2.67. The normalized spacial score (nSPS) is 28.2. The lowest BCUT2D eigenvalue weighted by atomic mass is 10.5. The Balaban J connectivity index is 0.000000315. The molecule has 3 N–H and O–H groups in total. The monoisotopic (exact) mass is 780 g/mol. The molecule has 3 aliphatic rings. The average Bonchev–Trinajstić information content (AvgIpc) is 2.99. The second-order valence-corrected chi connectivity index (χ2v) is 17.7. The molecule has 0 spiro atoms. The van der Waals surface area contributed by atoms with Gasteiger partial charge in [-0.1, -0.05) is 0 Å². The highest BCUT2D eigenvalue weighted by Gasteiger charge is 2.34. The number of halogens is 6. The summed E-state index contributed by atoms with van der Waals surface area (Å²) in [5, 5.41) is 8.72. The molecule has 3 saturated heterocycles. The largest absolute Gasteiger partial charge is 0.343 e. The molecular weight excluding hydrogens is 738 g/mol. The Kier molecular flexibility index (Phi) is 24.3. The number of hydrogen-bond donors (Lipinski definition) is 3. The van der Waals surface area contributed by atoms with Crippen LogP contribution in [0.4, 0.5) is 0 Å². The molecule has 3 aliphatic heterocycles. The molecule has 0 aromatic rings. The molecule has 12 nitrogen and oxygen atoms in total. The van der Waals surface area contributed by atoms with Crippen LogP contribution in [-0.4, -0.2) is 128 Å². The molecule has 21 heteroatoms. The lowest BCUT2D eigenvalue weighted by Crippen LogP contribution is -2.35. The molecule has 3 rings (SSSR count). The van der Waals surface area contributed by atoms with E-state index in [-0.39, 0.29) is 0 Å². The quantitative estimate of drug-likeness (QED) is 0.141. The fourth-order valence-corrected chi connectivity index (χ4v) is 11.8. The summed E-state index contributed by atoms with van der Waals surface area (Å²) in [7, 11) is -8.53. The van der Waals surface area contributed by atoms with Crippen LogP contribution in [-0.2, 0) is 27.3 Å². The number of nitrogens with zero attached hydrogens (tertiary/aromatic N) is 3. The van der Waals surface area contributed by atoms with Gasteiger partial charge in [0, 0.05) is 94.2 Å². The summed E-state index contributed by atoms with van der Waals surface area (Å²) in [6, 6.07) is 0. The van der Waals surface area contributed by atoms with E-state index >= 15 is 0 Å². The molecule has 0 aromatic heterocycles. The van der Waals surface area contributed by atoms with Crippen molar-refractivity contribution in [1.82, 2.24) is 29.3 Å². The minimum atomic E-state index is -2.84. The van der Waals surface area contributed by atoms with E-state index in [1.54, 1.807) is 14.0 Å². The Morgan fingerprint density at radius 3 is 0.810 bits per heavy atom. The Morgan fingerprint density at radius 1 is 0.452 bits per heavy atom. The van der Waals surface area contributed by atoms with Crippen molar-refractivity contribution in [3.63, 3.8) is 0 Å². The predicted octanol–water partition coefficient (Wildman–Crippen LogP) is 5.65. The lowest BCUT2D eigenvalue weighted by Gasteiger charge is -2.33. The van der Waals surface area contributed by atoms with Crippen LogP contribution in [0, 0.1) is 0 Å². The van der Waals surface area contributed by atoms with E-state index < -0.39 is 23.0 Å². The molecule has 0 saturated carbocycles. The van der Waals surface area contributed by atoms with Crippen LogP contribution in [0.25, 0.3) is 0 Å². The van der Waals surface area contributed by atoms with Gasteiger partial charge in [-0.2, -0.15) is 0 Å². The summed E-state index contributed by atoms with van der Waals surface area (Å²) in [5.74, 6) is 2.54. The first-order valence-corrected chi connectivity index (χ1v) is 21.7. The highest BCUT2D eigenvalue weighted by molar-refractivity contribution is 7.55. The SMILES string of the molecule is O=P1(N(CCCl)CCCl)NCCCO1.O=P1(N(CCCl)CCCl)NCCCO1.O=P1(N(CCCl)CCCl)NCCCO1. The van der Waals surface area contributed by atoms with Gasteiger partial charge in [0.2, 0.25) is 0 Å². The first kappa shape index (κ1) is 42.1. The van der Waals surface area contributed by atoms with Crippen molar-refractivity contribution < 1.29 is 27.3 Å². The van der Waals surface area contributed by atoms with Gasteiger partial charge in [0.05, 0.1) is 19.8 Å². The fourth-order valence-electron chi connectivity index (χ4n) is 3.83. The van der Waals surface area contributed by atoms with E-state index in [1.807, 2.05) is 0 Å². The zero-order valence-electron chi connectivity index (χ0n) is 23.7. The molecule has 42 heavy (non-hydrogen) atoms. The molecular formula is C21H45Cl6N6O6P3. The fraction of sp³-hybridized carbons (Fsp3) is 1.00. The van der Waals surface area contributed by atoms with Gasteiger partial charge < -0.3 is 13.6 Å². The molecule has 252 valence electrons. The van der Waals surface area contributed by atoms with Crippen LogP contribution < -0.4 is 15.3 Å². The minimum Gasteiger partial charge on any atom is -0.306 e. The van der Waals surface area contributed by atoms with E-state index in [0.717, 1.165) is 38.9 Å². The van der Waals surface area contributed by atoms with E-state index in [1.165, 1.54) is 0 Å². The van der Waals surface area contributed by atoms with Crippen molar-refractivity contribution in [1.29, 1.82) is 0 Å². The zero-order valence-corrected chi connectivity index (χ0v) is 31.0. The van der Waals surface area contributed by atoms with Crippen LogP contribution in [0.2, 0.25) is 0 Å². The lowest BCUT2D eigenvalue weighted by molar-refractivity contribution is 0.232. The molecule has 3 heterocycles. The van der Waals surface area contributed by atoms with E-state index in [0.29, 0.717) is 94.4 Å². The highest BCUT2D eigenvalue weighted by Crippen LogP contribution is 2.49. The molecule has 0 radical (unpaired) electrons. The predicted molar refractivity (Wildman–Crippen MR) is 178 cm³/mol. The van der Waals surface area contributed by atoms with Crippen LogP contribution in [0.1, 0.15) is 19.3 Å².